The van der Waals surface area contributed by atoms with Crippen LogP contribution in [-0.4, -0.2) is 42.7 Å². The lowest BCUT2D eigenvalue weighted by Crippen LogP contribution is -2.01. The van der Waals surface area contributed by atoms with Gasteiger partial charge in [0.25, 0.3) is 0 Å². The second-order valence-corrected chi connectivity index (χ2v) is 13.8. The Kier molecular flexibility index (Phi) is 14.2. The van der Waals surface area contributed by atoms with Crippen LogP contribution in [0.4, 0.5) is 0 Å². The first-order valence-electron chi connectivity index (χ1n) is 19.2. The van der Waals surface area contributed by atoms with Crippen molar-refractivity contribution in [2.75, 3.05) is 42.7 Å². The predicted molar refractivity (Wildman–Crippen MR) is 223 cm³/mol. The summed E-state index contributed by atoms with van der Waals surface area (Å²) in [6.07, 6.45) is 0. The highest BCUT2D eigenvalue weighted by atomic mass is 16.5. The summed E-state index contributed by atoms with van der Waals surface area (Å²) in [6.45, 7) is 1.68. The molecule has 16 heterocycles. The molecule has 0 unspecified atom stereocenters. The molecule has 0 amide bonds. The molecule has 0 spiro atoms. The second kappa shape index (κ2) is 20.2. The number of benzene rings is 6. The molecule has 0 aliphatic carbocycles. The van der Waals surface area contributed by atoms with Crippen LogP contribution in [0.15, 0.2) is 109 Å². The first-order chi connectivity index (χ1) is 29.4. The zero-order chi connectivity index (χ0) is 41.8. The highest BCUT2D eigenvalue weighted by Crippen LogP contribution is 2.41. The Bertz CT molecular complexity index is 1910. The normalized spacial score (nSPS) is 12.1. The van der Waals surface area contributed by atoms with Crippen molar-refractivity contribution in [1.82, 2.24) is 0 Å². The smallest absolute Gasteiger partial charge is 0.133 e. The largest absolute Gasteiger partial charge is 0.457 e. The molecule has 0 saturated carbocycles. The van der Waals surface area contributed by atoms with Gasteiger partial charge in [-0.1, -0.05) is 0 Å². The van der Waals surface area contributed by atoms with E-state index in [4.69, 9.17) is 56.8 Å². The maximum atomic E-state index is 6.44. The minimum atomic E-state index is 0.280. The molecule has 6 aromatic carbocycles. The van der Waals surface area contributed by atoms with Crippen molar-refractivity contribution >= 4 is 0 Å². The van der Waals surface area contributed by atoms with Crippen LogP contribution < -0.4 is 28.4 Å². The van der Waals surface area contributed by atoms with E-state index in [9.17, 15) is 0 Å². The van der Waals surface area contributed by atoms with Crippen LogP contribution in [0.5, 0.6) is 69.0 Å². The monoisotopic (exact) mass is 816 g/mol. The number of ether oxygens (including phenoxy) is 12. The van der Waals surface area contributed by atoms with Crippen LogP contribution in [0, 0.1) is 0 Å². The summed E-state index contributed by atoms with van der Waals surface area (Å²) in [5.41, 5.74) is 4.70. The van der Waals surface area contributed by atoms with E-state index in [1.165, 1.54) is 0 Å². The quantitative estimate of drug-likeness (QED) is 0.117. The Morgan fingerprint density at radius 1 is 0.250 bits per heavy atom. The van der Waals surface area contributed by atoms with Gasteiger partial charge in [0.1, 0.15) is 69.0 Å². The number of hydrogen-bond acceptors (Lipinski definition) is 12. The second-order valence-electron chi connectivity index (χ2n) is 13.8. The fraction of sp³-hybridized carbons (Fsp3) is 0.250. The van der Waals surface area contributed by atoms with Gasteiger partial charge in [-0.25, -0.2) is 0 Å². The molecule has 60 heavy (non-hydrogen) atoms. The molecule has 0 radical (unpaired) electrons. The Morgan fingerprint density at radius 3 is 0.500 bits per heavy atom. The third kappa shape index (κ3) is 10.4. The van der Waals surface area contributed by atoms with Gasteiger partial charge in [-0.3, -0.25) is 0 Å². The topological polar surface area (TPSA) is 111 Å². The lowest BCUT2D eigenvalue weighted by atomic mass is 10.1. The van der Waals surface area contributed by atoms with E-state index in [0.717, 1.165) is 33.4 Å². The summed E-state index contributed by atoms with van der Waals surface area (Å²) < 4.78 is 72.1. The molecule has 0 atom stereocenters. The molecule has 12 nitrogen and oxygen atoms in total. The lowest BCUT2D eigenvalue weighted by molar-refractivity contribution is 0.178. The number of rotatable bonds is 12. The average Bonchev–Trinajstić information content (AvgIpc) is 3.24. The van der Waals surface area contributed by atoms with E-state index < -0.39 is 0 Å². The van der Waals surface area contributed by atoms with E-state index in [-0.39, 0.29) is 39.6 Å². The zero-order valence-electron chi connectivity index (χ0n) is 34.5. The Morgan fingerprint density at radius 2 is 0.383 bits per heavy atom. The Hall–Kier alpha value is -6.12. The van der Waals surface area contributed by atoms with Crippen LogP contribution in [0.3, 0.4) is 0 Å². The van der Waals surface area contributed by atoms with E-state index in [1.54, 1.807) is 42.7 Å². The summed E-state index contributed by atoms with van der Waals surface area (Å²) in [5.74, 6) is 7.18. The number of hydrogen-bond donors (Lipinski definition) is 0. The highest BCUT2D eigenvalue weighted by molar-refractivity contribution is 5.53. The molecule has 12 heteroatoms. The van der Waals surface area contributed by atoms with E-state index in [0.29, 0.717) is 69.0 Å². The first kappa shape index (κ1) is 42.0. The van der Waals surface area contributed by atoms with Crippen LogP contribution in [0.1, 0.15) is 33.4 Å². The molecule has 6 aromatic rings. The molecule has 16 aliphatic heterocycles. The van der Waals surface area contributed by atoms with Crippen molar-refractivity contribution in [3.05, 3.63) is 143 Å². The van der Waals surface area contributed by atoms with Gasteiger partial charge in [-0.15, -0.1) is 0 Å². The molecule has 12 bridgehead atoms. The molecule has 0 aromatic heterocycles. The number of methoxy groups -OCH3 is 6. The van der Waals surface area contributed by atoms with E-state index in [2.05, 4.69) is 0 Å². The maximum absolute atomic E-state index is 6.44. The third-order valence-corrected chi connectivity index (χ3v) is 9.37. The van der Waals surface area contributed by atoms with Gasteiger partial charge in [0.05, 0.1) is 39.6 Å². The van der Waals surface area contributed by atoms with Crippen LogP contribution >= 0.6 is 0 Å². The van der Waals surface area contributed by atoms with Crippen molar-refractivity contribution < 1.29 is 56.8 Å². The van der Waals surface area contributed by atoms with Gasteiger partial charge in [-0.2, -0.15) is 0 Å². The average molecular weight is 817 g/mol. The van der Waals surface area contributed by atoms with Crippen LogP contribution in [-0.2, 0) is 68.1 Å². The maximum Gasteiger partial charge on any atom is 0.133 e. The molecular formula is C48H48O12. The van der Waals surface area contributed by atoms with Gasteiger partial charge in [0.15, 0.2) is 0 Å². The van der Waals surface area contributed by atoms with Crippen LogP contribution in [0.2, 0.25) is 0 Å². The fourth-order valence-electron chi connectivity index (χ4n) is 6.60. The lowest BCUT2D eigenvalue weighted by Gasteiger charge is -2.19. The van der Waals surface area contributed by atoms with E-state index in [1.807, 2.05) is 109 Å². The van der Waals surface area contributed by atoms with Gasteiger partial charge in [-0.05, 0) is 109 Å². The molecule has 22 rings (SSSR count). The Labute approximate surface area is 349 Å². The minimum Gasteiger partial charge on any atom is -0.457 e. The van der Waals surface area contributed by atoms with Crippen molar-refractivity contribution in [3.8, 4) is 69.0 Å². The first-order valence-corrected chi connectivity index (χ1v) is 19.2. The molecule has 0 fully saturated rings. The highest BCUT2D eigenvalue weighted by Gasteiger charge is 2.19. The molecule has 0 N–H and O–H groups in total. The summed E-state index contributed by atoms with van der Waals surface area (Å²) in [6, 6.07) is 33.6. The standard InChI is InChI=1S/C48H48O12/c1-49-25-31-19-44-32(26-50-2)20-43(31)55-37-7-9-39(10-8-37)57-45-21-34(28-52-4)47(22-33(45)27-51-3)59-41-15-17-42(18-16-41)60-48-24-35(29-53-5)46(23-36(48)30-54-6)58-40-13-11-38(56-44)12-14-40/h7-24H,25-30H2,1-6H3. The predicted octanol–water partition coefficient (Wildman–Crippen LogP) is 11.6. The van der Waals surface area contributed by atoms with Gasteiger partial charge in [0.2, 0.25) is 0 Å². The van der Waals surface area contributed by atoms with Crippen molar-refractivity contribution in [2.24, 2.45) is 0 Å². The van der Waals surface area contributed by atoms with E-state index >= 15 is 0 Å². The third-order valence-electron chi connectivity index (χ3n) is 9.37. The van der Waals surface area contributed by atoms with Gasteiger partial charge >= 0.3 is 0 Å². The Balaban J connectivity index is 1.31. The summed E-state index contributed by atoms with van der Waals surface area (Å²) in [7, 11) is 9.80. The molecule has 16 aliphatic rings. The van der Waals surface area contributed by atoms with Crippen molar-refractivity contribution in [2.45, 2.75) is 39.6 Å². The SMILES string of the molecule is COCc1cc2c(COC)cc1Oc1ccc(cc1)Oc1cc(COC)c(cc1COC)Oc1ccc(cc1)Oc1cc(COC)c(cc1COC)Oc1ccc(cc1)O2. The summed E-state index contributed by atoms with van der Waals surface area (Å²) in [4.78, 5) is 0. The molecular weight excluding hydrogens is 769 g/mol. The zero-order valence-corrected chi connectivity index (χ0v) is 34.5. The fourth-order valence-corrected chi connectivity index (χ4v) is 6.60. The van der Waals surface area contributed by atoms with Crippen molar-refractivity contribution in [3.63, 3.8) is 0 Å². The summed E-state index contributed by atoms with van der Waals surface area (Å²) in [5, 5.41) is 0. The molecule has 312 valence electrons. The molecule has 0 saturated heterocycles. The van der Waals surface area contributed by atoms with Gasteiger partial charge < -0.3 is 56.8 Å². The van der Waals surface area contributed by atoms with Crippen molar-refractivity contribution in [1.29, 1.82) is 0 Å². The van der Waals surface area contributed by atoms with Gasteiger partial charge in [0, 0.05) is 76.0 Å². The van der Waals surface area contributed by atoms with Crippen LogP contribution in [0.25, 0.3) is 0 Å². The summed E-state index contributed by atoms with van der Waals surface area (Å²) >= 11 is 0. The minimum absolute atomic E-state index is 0.280.